The standard InChI is InChI=1S/C13H23N3O/c1-3-6-14-11(2)12-8-15-16(9-12)10-13-5-4-7-17-13/h8-9,11,13-14H,3-7,10H2,1-2H3. The van der Waals surface area contributed by atoms with E-state index in [1.54, 1.807) is 0 Å². The summed E-state index contributed by atoms with van der Waals surface area (Å²) in [5.41, 5.74) is 1.26. The van der Waals surface area contributed by atoms with E-state index < -0.39 is 0 Å². The van der Waals surface area contributed by atoms with Crippen LogP contribution in [0.4, 0.5) is 0 Å². The Labute approximate surface area is 103 Å². The van der Waals surface area contributed by atoms with E-state index in [4.69, 9.17) is 4.74 Å². The van der Waals surface area contributed by atoms with Crippen LogP contribution in [0.3, 0.4) is 0 Å². The molecule has 0 spiro atoms. The Hall–Kier alpha value is -0.870. The van der Waals surface area contributed by atoms with E-state index in [1.807, 2.05) is 10.9 Å². The van der Waals surface area contributed by atoms with Crippen LogP contribution in [0.25, 0.3) is 0 Å². The van der Waals surface area contributed by atoms with Crippen molar-refractivity contribution in [2.75, 3.05) is 13.2 Å². The van der Waals surface area contributed by atoms with Gasteiger partial charge in [0.25, 0.3) is 0 Å². The molecule has 4 nitrogen and oxygen atoms in total. The molecule has 0 amide bonds. The molecule has 2 heterocycles. The minimum absolute atomic E-state index is 0.363. The monoisotopic (exact) mass is 237 g/mol. The molecule has 96 valence electrons. The second-order valence-corrected chi connectivity index (χ2v) is 4.81. The van der Waals surface area contributed by atoms with Crippen molar-refractivity contribution in [2.24, 2.45) is 0 Å². The van der Waals surface area contributed by atoms with E-state index in [-0.39, 0.29) is 0 Å². The van der Waals surface area contributed by atoms with Crippen molar-refractivity contribution in [3.63, 3.8) is 0 Å². The summed E-state index contributed by atoms with van der Waals surface area (Å²) >= 11 is 0. The van der Waals surface area contributed by atoms with Crippen LogP contribution in [0, 0.1) is 0 Å². The molecule has 1 aromatic rings. The van der Waals surface area contributed by atoms with Gasteiger partial charge in [-0.3, -0.25) is 4.68 Å². The third-order valence-corrected chi connectivity index (χ3v) is 3.27. The molecule has 1 aliphatic rings. The summed E-state index contributed by atoms with van der Waals surface area (Å²) in [6, 6.07) is 0.383. The molecule has 0 radical (unpaired) electrons. The van der Waals surface area contributed by atoms with Crippen LogP contribution in [0.2, 0.25) is 0 Å². The third kappa shape index (κ3) is 3.54. The lowest BCUT2D eigenvalue weighted by molar-refractivity contribution is 0.0940. The Morgan fingerprint density at radius 2 is 2.53 bits per heavy atom. The SMILES string of the molecule is CCCNC(C)c1cnn(CC2CCCO2)c1. The van der Waals surface area contributed by atoms with Crippen molar-refractivity contribution in [3.05, 3.63) is 18.0 Å². The summed E-state index contributed by atoms with van der Waals surface area (Å²) < 4.78 is 7.62. The predicted octanol–water partition coefficient (Wildman–Crippen LogP) is 2.12. The van der Waals surface area contributed by atoms with Crippen molar-refractivity contribution in [1.29, 1.82) is 0 Å². The first-order chi connectivity index (χ1) is 8.29. The lowest BCUT2D eigenvalue weighted by atomic mass is 10.2. The van der Waals surface area contributed by atoms with Gasteiger partial charge in [0.1, 0.15) is 0 Å². The Morgan fingerprint density at radius 1 is 1.65 bits per heavy atom. The topological polar surface area (TPSA) is 39.1 Å². The van der Waals surface area contributed by atoms with Crippen LogP contribution in [0.15, 0.2) is 12.4 Å². The summed E-state index contributed by atoms with van der Waals surface area (Å²) in [7, 11) is 0. The van der Waals surface area contributed by atoms with E-state index in [2.05, 4.69) is 30.5 Å². The summed E-state index contributed by atoms with van der Waals surface area (Å²) in [5, 5.41) is 7.88. The molecule has 0 saturated carbocycles. The minimum atomic E-state index is 0.363. The summed E-state index contributed by atoms with van der Waals surface area (Å²) in [5.74, 6) is 0. The molecule has 0 aliphatic carbocycles. The second kappa shape index (κ2) is 6.17. The molecule has 0 bridgehead atoms. The van der Waals surface area contributed by atoms with E-state index >= 15 is 0 Å². The Morgan fingerprint density at radius 3 is 3.24 bits per heavy atom. The average Bonchev–Trinajstić information content (AvgIpc) is 2.98. The predicted molar refractivity (Wildman–Crippen MR) is 67.9 cm³/mol. The molecular weight excluding hydrogens is 214 g/mol. The van der Waals surface area contributed by atoms with Gasteiger partial charge in [0.2, 0.25) is 0 Å². The summed E-state index contributed by atoms with van der Waals surface area (Å²) in [6.07, 6.45) is 7.97. The maximum Gasteiger partial charge on any atom is 0.0771 e. The number of nitrogens with zero attached hydrogens (tertiary/aromatic N) is 2. The first-order valence-electron chi connectivity index (χ1n) is 6.67. The number of nitrogens with one attached hydrogen (secondary N) is 1. The third-order valence-electron chi connectivity index (χ3n) is 3.27. The average molecular weight is 237 g/mol. The molecule has 1 saturated heterocycles. The highest BCUT2D eigenvalue weighted by molar-refractivity contribution is 5.09. The van der Waals surface area contributed by atoms with Crippen LogP contribution in [-0.2, 0) is 11.3 Å². The van der Waals surface area contributed by atoms with Gasteiger partial charge >= 0.3 is 0 Å². The van der Waals surface area contributed by atoms with Crippen LogP contribution in [-0.4, -0.2) is 29.0 Å². The fourth-order valence-corrected chi connectivity index (χ4v) is 2.18. The lowest BCUT2D eigenvalue weighted by Gasteiger charge is -2.11. The van der Waals surface area contributed by atoms with Crippen molar-refractivity contribution in [3.8, 4) is 0 Å². The van der Waals surface area contributed by atoms with E-state index in [0.29, 0.717) is 12.1 Å². The van der Waals surface area contributed by atoms with Crippen LogP contribution < -0.4 is 5.32 Å². The minimum Gasteiger partial charge on any atom is -0.376 e. The van der Waals surface area contributed by atoms with E-state index in [9.17, 15) is 0 Å². The van der Waals surface area contributed by atoms with Crippen LogP contribution in [0.5, 0.6) is 0 Å². The fraction of sp³-hybridized carbons (Fsp3) is 0.769. The molecule has 2 rings (SSSR count). The molecule has 1 N–H and O–H groups in total. The zero-order valence-electron chi connectivity index (χ0n) is 10.9. The molecule has 0 aromatic carbocycles. The van der Waals surface area contributed by atoms with Gasteiger partial charge in [-0.25, -0.2) is 0 Å². The number of ether oxygens (including phenoxy) is 1. The number of hydrogen-bond donors (Lipinski definition) is 1. The molecule has 17 heavy (non-hydrogen) atoms. The normalized spacial score (nSPS) is 21.9. The molecule has 1 fully saturated rings. The quantitative estimate of drug-likeness (QED) is 0.823. The molecule has 2 unspecified atom stereocenters. The fourth-order valence-electron chi connectivity index (χ4n) is 2.18. The highest BCUT2D eigenvalue weighted by atomic mass is 16.5. The van der Waals surface area contributed by atoms with Gasteiger partial charge in [-0.05, 0) is 32.7 Å². The lowest BCUT2D eigenvalue weighted by Crippen LogP contribution is -2.19. The Bertz CT molecular complexity index is 331. The van der Waals surface area contributed by atoms with E-state index in [0.717, 1.165) is 26.1 Å². The zero-order valence-corrected chi connectivity index (χ0v) is 10.9. The molecular formula is C13H23N3O. The van der Waals surface area contributed by atoms with Crippen molar-refractivity contribution < 1.29 is 4.74 Å². The maximum absolute atomic E-state index is 5.62. The molecule has 1 aromatic heterocycles. The highest BCUT2D eigenvalue weighted by Crippen LogP contribution is 2.15. The highest BCUT2D eigenvalue weighted by Gasteiger charge is 2.16. The number of rotatable bonds is 6. The van der Waals surface area contributed by atoms with E-state index in [1.165, 1.54) is 18.4 Å². The van der Waals surface area contributed by atoms with Gasteiger partial charge in [-0.2, -0.15) is 5.10 Å². The van der Waals surface area contributed by atoms with Gasteiger partial charge in [0.15, 0.2) is 0 Å². The van der Waals surface area contributed by atoms with Crippen LogP contribution >= 0.6 is 0 Å². The molecule has 4 heteroatoms. The second-order valence-electron chi connectivity index (χ2n) is 4.81. The first kappa shape index (κ1) is 12.6. The number of hydrogen-bond acceptors (Lipinski definition) is 3. The zero-order chi connectivity index (χ0) is 12.1. The van der Waals surface area contributed by atoms with Crippen molar-refractivity contribution >= 4 is 0 Å². The summed E-state index contributed by atoms with van der Waals surface area (Å²) in [4.78, 5) is 0. The Kier molecular flexibility index (Phi) is 4.57. The largest absolute Gasteiger partial charge is 0.376 e. The maximum atomic E-state index is 5.62. The smallest absolute Gasteiger partial charge is 0.0771 e. The van der Waals surface area contributed by atoms with Crippen molar-refractivity contribution in [1.82, 2.24) is 15.1 Å². The summed E-state index contributed by atoms with van der Waals surface area (Å²) in [6.45, 7) is 7.22. The van der Waals surface area contributed by atoms with Gasteiger partial charge in [-0.1, -0.05) is 6.92 Å². The Balaban J connectivity index is 1.86. The van der Waals surface area contributed by atoms with Gasteiger partial charge in [-0.15, -0.1) is 0 Å². The van der Waals surface area contributed by atoms with Gasteiger partial charge in [0.05, 0.1) is 18.8 Å². The van der Waals surface area contributed by atoms with Gasteiger partial charge < -0.3 is 10.1 Å². The first-order valence-corrected chi connectivity index (χ1v) is 6.67. The van der Waals surface area contributed by atoms with Crippen LogP contribution in [0.1, 0.15) is 44.7 Å². The molecule has 1 aliphatic heterocycles. The molecule has 2 atom stereocenters. The number of aromatic nitrogens is 2. The van der Waals surface area contributed by atoms with Gasteiger partial charge in [0, 0.05) is 24.4 Å². The van der Waals surface area contributed by atoms with Crippen molar-refractivity contribution in [2.45, 2.75) is 51.8 Å².